The molecule has 0 aliphatic carbocycles. The number of benzene rings is 2. The number of carbonyl (C=O) groups excluding carboxylic acids is 2. The molecule has 1 saturated heterocycles. The van der Waals surface area contributed by atoms with Gasteiger partial charge in [-0.25, -0.2) is 4.79 Å². The molecule has 0 aromatic heterocycles. The molecule has 0 spiro atoms. The highest BCUT2D eigenvalue weighted by molar-refractivity contribution is 7.99. The van der Waals surface area contributed by atoms with Crippen LogP contribution in [0.2, 0.25) is 0 Å². The van der Waals surface area contributed by atoms with E-state index in [1.54, 1.807) is 30.3 Å². The molecule has 0 saturated carbocycles. The second-order valence-corrected chi connectivity index (χ2v) is 7.31. The SMILES string of the molecule is N#Cc1ccccc1Sc1ccccc1C(=O)OCC(=O)NC[C@H]1CCCO1. The highest BCUT2D eigenvalue weighted by atomic mass is 32.2. The average Bonchev–Trinajstić information content (AvgIpc) is 3.25. The summed E-state index contributed by atoms with van der Waals surface area (Å²) in [4.78, 5) is 25.8. The third-order valence-corrected chi connectivity index (χ3v) is 5.37. The highest BCUT2D eigenvalue weighted by Gasteiger charge is 2.18. The number of nitrogens with one attached hydrogen (secondary N) is 1. The Morgan fingerprint density at radius 1 is 1.18 bits per heavy atom. The fourth-order valence-corrected chi connectivity index (χ4v) is 3.80. The van der Waals surface area contributed by atoms with Gasteiger partial charge < -0.3 is 14.8 Å². The van der Waals surface area contributed by atoms with Crippen molar-refractivity contribution < 1.29 is 19.1 Å². The summed E-state index contributed by atoms with van der Waals surface area (Å²) in [6, 6.07) is 16.3. The van der Waals surface area contributed by atoms with Crippen molar-refractivity contribution >= 4 is 23.6 Å². The molecule has 0 bridgehead atoms. The van der Waals surface area contributed by atoms with E-state index in [2.05, 4.69) is 11.4 Å². The third kappa shape index (κ3) is 5.35. The maximum absolute atomic E-state index is 12.5. The van der Waals surface area contributed by atoms with Gasteiger partial charge in [0.05, 0.1) is 17.2 Å². The Labute approximate surface area is 167 Å². The number of hydrogen-bond acceptors (Lipinski definition) is 6. The van der Waals surface area contributed by atoms with Crippen LogP contribution in [0, 0.1) is 11.3 Å². The number of carbonyl (C=O) groups is 2. The number of hydrogen-bond donors (Lipinski definition) is 1. The lowest BCUT2D eigenvalue weighted by Gasteiger charge is -2.12. The number of ether oxygens (including phenoxy) is 2. The Morgan fingerprint density at radius 2 is 1.93 bits per heavy atom. The summed E-state index contributed by atoms with van der Waals surface area (Å²) in [7, 11) is 0. The lowest BCUT2D eigenvalue weighted by Crippen LogP contribution is -2.34. The van der Waals surface area contributed by atoms with Gasteiger partial charge in [-0.2, -0.15) is 5.26 Å². The van der Waals surface area contributed by atoms with Crippen molar-refractivity contribution in [3.05, 3.63) is 59.7 Å². The largest absolute Gasteiger partial charge is 0.452 e. The topological polar surface area (TPSA) is 88.4 Å². The smallest absolute Gasteiger partial charge is 0.339 e. The standard InChI is InChI=1S/C21H20N2O4S/c22-12-15-6-1-3-9-18(15)28-19-10-4-2-8-17(19)21(25)27-14-20(24)23-13-16-7-5-11-26-16/h1-4,6,8-10,16H,5,7,11,13-14H2,(H,23,24)/t16-/m1/s1. The van der Waals surface area contributed by atoms with Crippen LogP contribution in [0.25, 0.3) is 0 Å². The Kier molecular flexibility index (Phi) is 7.06. The summed E-state index contributed by atoms with van der Waals surface area (Å²) < 4.78 is 10.6. The number of rotatable bonds is 7. The Hall–Kier alpha value is -2.82. The van der Waals surface area contributed by atoms with Crippen LogP contribution in [0.15, 0.2) is 58.3 Å². The lowest BCUT2D eigenvalue weighted by atomic mass is 10.2. The van der Waals surface area contributed by atoms with Crippen LogP contribution < -0.4 is 5.32 Å². The molecule has 144 valence electrons. The quantitative estimate of drug-likeness (QED) is 0.723. The molecule has 0 radical (unpaired) electrons. The maximum atomic E-state index is 12.5. The first-order valence-electron chi connectivity index (χ1n) is 8.99. The summed E-state index contributed by atoms with van der Waals surface area (Å²) in [5.41, 5.74) is 0.886. The average molecular weight is 396 g/mol. The normalized spacial score (nSPS) is 15.6. The number of nitriles is 1. The van der Waals surface area contributed by atoms with E-state index in [9.17, 15) is 14.9 Å². The van der Waals surface area contributed by atoms with Gasteiger partial charge in [0.2, 0.25) is 0 Å². The van der Waals surface area contributed by atoms with Gasteiger partial charge in [-0.3, -0.25) is 4.79 Å². The molecule has 7 heteroatoms. The van der Waals surface area contributed by atoms with Crippen LogP contribution in [-0.2, 0) is 14.3 Å². The Morgan fingerprint density at radius 3 is 2.68 bits per heavy atom. The van der Waals surface area contributed by atoms with Crippen LogP contribution in [0.4, 0.5) is 0 Å². The molecule has 3 rings (SSSR count). The monoisotopic (exact) mass is 396 g/mol. The van der Waals surface area contributed by atoms with Gasteiger partial charge >= 0.3 is 5.97 Å². The second kappa shape index (κ2) is 9.93. The van der Waals surface area contributed by atoms with E-state index in [1.807, 2.05) is 18.2 Å². The molecule has 1 N–H and O–H groups in total. The zero-order valence-electron chi connectivity index (χ0n) is 15.2. The fraction of sp³-hybridized carbons (Fsp3) is 0.286. The minimum atomic E-state index is -0.579. The van der Waals surface area contributed by atoms with E-state index in [0.29, 0.717) is 22.6 Å². The fourth-order valence-electron chi connectivity index (χ4n) is 2.78. The van der Waals surface area contributed by atoms with Crippen LogP contribution in [0.3, 0.4) is 0 Å². The molecule has 1 fully saturated rings. The predicted octanol–water partition coefficient (Wildman–Crippen LogP) is 3.16. The van der Waals surface area contributed by atoms with Crippen molar-refractivity contribution in [3.63, 3.8) is 0 Å². The third-order valence-electron chi connectivity index (χ3n) is 4.22. The van der Waals surface area contributed by atoms with E-state index in [1.165, 1.54) is 11.8 Å². The highest BCUT2D eigenvalue weighted by Crippen LogP contribution is 2.32. The van der Waals surface area contributed by atoms with Crippen LogP contribution in [-0.4, -0.2) is 37.7 Å². The molecule has 1 atom stereocenters. The van der Waals surface area contributed by atoms with Gasteiger partial charge in [0.15, 0.2) is 6.61 Å². The molecule has 2 aromatic carbocycles. The van der Waals surface area contributed by atoms with Crippen molar-refractivity contribution in [2.24, 2.45) is 0 Å². The molecular formula is C21H20N2O4S. The first kappa shape index (κ1) is 19.9. The van der Waals surface area contributed by atoms with Crippen molar-refractivity contribution in [2.75, 3.05) is 19.8 Å². The zero-order valence-corrected chi connectivity index (χ0v) is 16.0. The molecule has 1 aliphatic heterocycles. The molecule has 1 aliphatic rings. The maximum Gasteiger partial charge on any atom is 0.339 e. The van der Waals surface area contributed by atoms with E-state index in [0.717, 1.165) is 24.3 Å². The van der Waals surface area contributed by atoms with Crippen molar-refractivity contribution in [1.29, 1.82) is 5.26 Å². The first-order valence-corrected chi connectivity index (χ1v) is 9.80. The van der Waals surface area contributed by atoms with E-state index < -0.39 is 5.97 Å². The van der Waals surface area contributed by atoms with Gasteiger partial charge in [-0.15, -0.1) is 0 Å². The summed E-state index contributed by atoms with van der Waals surface area (Å²) in [6.45, 7) is 0.798. The van der Waals surface area contributed by atoms with Gasteiger partial charge in [-0.1, -0.05) is 36.0 Å². The summed E-state index contributed by atoms with van der Waals surface area (Å²) >= 11 is 1.31. The number of nitrogens with zero attached hydrogens (tertiary/aromatic N) is 1. The first-order chi connectivity index (χ1) is 13.7. The Balaban J connectivity index is 1.59. The Bertz CT molecular complexity index is 888. The van der Waals surface area contributed by atoms with Crippen LogP contribution >= 0.6 is 11.8 Å². The van der Waals surface area contributed by atoms with Crippen molar-refractivity contribution in [3.8, 4) is 6.07 Å². The number of amides is 1. The summed E-state index contributed by atoms with van der Waals surface area (Å²) in [5.74, 6) is -0.936. The molecule has 6 nitrogen and oxygen atoms in total. The minimum Gasteiger partial charge on any atom is -0.452 e. The van der Waals surface area contributed by atoms with E-state index >= 15 is 0 Å². The summed E-state index contributed by atoms with van der Waals surface area (Å²) in [6.07, 6.45) is 1.96. The lowest BCUT2D eigenvalue weighted by molar-refractivity contribution is -0.124. The second-order valence-electron chi connectivity index (χ2n) is 6.22. The number of esters is 1. The van der Waals surface area contributed by atoms with E-state index in [4.69, 9.17) is 9.47 Å². The summed E-state index contributed by atoms with van der Waals surface area (Å²) in [5, 5.41) is 12.0. The van der Waals surface area contributed by atoms with Gasteiger partial charge in [0, 0.05) is 22.9 Å². The van der Waals surface area contributed by atoms with Crippen LogP contribution in [0.5, 0.6) is 0 Å². The van der Waals surface area contributed by atoms with Crippen molar-refractivity contribution in [2.45, 2.75) is 28.7 Å². The molecule has 28 heavy (non-hydrogen) atoms. The molecule has 2 aromatic rings. The van der Waals surface area contributed by atoms with Gasteiger partial charge in [0.25, 0.3) is 5.91 Å². The molecular weight excluding hydrogens is 376 g/mol. The van der Waals surface area contributed by atoms with Crippen molar-refractivity contribution in [1.82, 2.24) is 5.32 Å². The minimum absolute atomic E-state index is 0.0389. The molecule has 1 heterocycles. The molecule has 0 unspecified atom stereocenters. The molecule has 1 amide bonds. The predicted molar refractivity (Wildman–Crippen MR) is 104 cm³/mol. The van der Waals surface area contributed by atoms with Gasteiger partial charge in [0.1, 0.15) is 6.07 Å². The van der Waals surface area contributed by atoms with E-state index in [-0.39, 0.29) is 18.6 Å². The van der Waals surface area contributed by atoms with Gasteiger partial charge in [-0.05, 0) is 37.1 Å². The zero-order chi connectivity index (χ0) is 19.8. The van der Waals surface area contributed by atoms with Crippen LogP contribution in [0.1, 0.15) is 28.8 Å².